The SMILES string of the molecule is Cc1c(C)c(C)c2c(-c3ccc4oc5ccccc5c4c3)c3c(C)c(C)c(C)c(C)c3c(-c3ccccc3)c2c1C. The van der Waals surface area contributed by atoms with Gasteiger partial charge in [0.1, 0.15) is 11.2 Å². The molecule has 7 aromatic rings. The van der Waals surface area contributed by atoms with Crippen molar-refractivity contribution < 1.29 is 4.42 Å². The first-order valence-corrected chi connectivity index (χ1v) is 14.6. The fourth-order valence-corrected chi connectivity index (χ4v) is 7.19. The zero-order valence-corrected chi connectivity index (χ0v) is 25.3. The molecule has 0 aliphatic carbocycles. The molecule has 41 heavy (non-hydrogen) atoms. The van der Waals surface area contributed by atoms with Crippen LogP contribution in [0, 0.1) is 55.4 Å². The fourth-order valence-electron chi connectivity index (χ4n) is 7.19. The second-order valence-corrected chi connectivity index (χ2v) is 11.9. The summed E-state index contributed by atoms with van der Waals surface area (Å²) in [6, 6.07) is 26.2. The van der Waals surface area contributed by atoms with Gasteiger partial charge in [-0.3, -0.25) is 0 Å². The molecule has 6 aromatic carbocycles. The number of para-hydroxylation sites is 1. The van der Waals surface area contributed by atoms with E-state index < -0.39 is 0 Å². The Kier molecular flexibility index (Phi) is 5.67. The van der Waals surface area contributed by atoms with Crippen LogP contribution in [0.4, 0.5) is 0 Å². The summed E-state index contributed by atoms with van der Waals surface area (Å²) >= 11 is 0. The number of hydrogen-bond donors (Lipinski definition) is 0. The van der Waals surface area contributed by atoms with E-state index in [0.717, 1.165) is 11.2 Å². The van der Waals surface area contributed by atoms with Crippen molar-refractivity contribution in [2.75, 3.05) is 0 Å². The smallest absolute Gasteiger partial charge is 0.135 e. The highest BCUT2D eigenvalue weighted by Crippen LogP contribution is 2.50. The van der Waals surface area contributed by atoms with Gasteiger partial charge >= 0.3 is 0 Å². The Hall–Kier alpha value is -4.36. The number of hydrogen-bond acceptors (Lipinski definition) is 1. The molecular formula is C40H36O. The number of furan rings is 1. The summed E-state index contributed by atoms with van der Waals surface area (Å²) in [6.07, 6.45) is 0. The van der Waals surface area contributed by atoms with Crippen LogP contribution in [0.25, 0.3) is 65.7 Å². The molecule has 0 amide bonds. The lowest BCUT2D eigenvalue weighted by molar-refractivity contribution is 0.669. The first kappa shape index (κ1) is 25.6. The van der Waals surface area contributed by atoms with Gasteiger partial charge in [-0.05, 0) is 162 Å². The molecule has 0 saturated heterocycles. The third-order valence-corrected chi connectivity index (χ3v) is 10.1. The highest BCUT2D eigenvalue weighted by molar-refractivity contribution is 6.25. The largest absolute Gasteiger partial charge is 0.456 e. The molecular weight excluding hydrogens is 496 g/mol. The molecule has 0 aliphatic heterocycles. The Bertz CT molecular complexity index is 2130. The minimum absolute atomic E-state index is 0.935. The summed E-state index contributed by atoms with van der Waals surface area (Å²) in [7, 11) is 0. The van der Waals surface area contributed by atoms with Gasteiger partial charge < -0.3 is 4.42 Å². The zero-order chi connectivity index (χ0) is 28.7. The van der Waals surface area contributed by atoms with E-state index >= 15 is 0 Å². The average Bonchev–Trinajstić information content (AvgIpc) is 3.37. The minimum Gasteiger partial charge on any atom is -0.456 e. The lowest BCUT2D eigenvalue weighted by Crippen LogP contribution is -2.03. The van der Waals surface area contributed by atoms with Crippen LogP contribution in [0.5, 0.6) is 0 Å². The normalized spacial score (nSPS) is 11.9. The number of benzene rings is 6. The van der Waals surface area contributed by atoms with Crippen molar-refractivity contribution in [3.05, 3.63) is 117 Å². The maximum absolute atomic E-state index is 6.25. The first-order valence-electron chi connectivity index (χ1n) is 14.6. The summed E-state index contributed by atoms with van der Waals surface area (Å²) in [5, 5.41) is 7.83. The van der Waals surface area contributed by atoms with Gasteiger partial charge in [0.05, 0.1) is 0 Å². The molecule has 1 aromatic heterocycles. The van der Waals surface area contributed by atoms with E-state index in [2.05, 4.69) is 122 Å². The molecule has 0 saturated carbocycles. The quantitative estimate of drug-likeness (QED) is 0.202. The predicted octanol–water partition coefficient (Wildman–Crippen LogP) is 11.7. The summed E-state index contributed by atoms with van der Waals surface area (Å²) in [4.78, 5) is 0. The Morgan fingerprint density at radius 2 is 0.805 bits per heavy atom. The van der Waals surface area contributed by atoms with Gasteiger partial charge in [-0.2, -0.15) is 0 Å². The van der Waals surface area contributed by atoms with Crippen molar-refractivity contribution in [3.63, 3.8) is 0 Å². The molecule has 0 aliphatic rings. The molecule has 0 fully saturated rings. The second-order valence-electron chi connectivity index (χ2n) is 11.9. The summed E-state index contributed by atoms with van der Waals surface area (Å²) < 4.78 is 6.25. The standard InChI is InChI=1S/C40H36O/c1-21-23(3)27(7)37-35(25(21)5)39(29-14-10-9-11-15-29)36-26(6)22(2)24(4)28(8)38(36)40(37)30-18-19-34-32(20-30)31-16-12-13-17-33(31)41-34/h9-20H,1-8H3. The van der Waals surface area contributed by atoms with Crippen LogP contribution < -0.4 is 0 Å². The van der Waals surface area contributed by atoms with Gasteiger partial charge in [-0.15, -0.1) is 0 Å². The summed E-state index contributed by atoms with van der Waals surface area (Å²) in [5.41, 5.74) is 18.1. The lowest BCUT2D eigenvalue weighted by Gasteiger charge is -2.27. The molecule has 0 atom stereocenters. The molecule has 0 N–H and O–H groups in total. The monoisotopic (exact) mass is 532 g/mol. The Morgan fingerprint density at radius 3 is 1.34 bits per heavy atom. The average molecular weight is 533 g/mol. The number of aryl methyl sites for hydroxylation is 4. The summed E-state index contributed by atoms with van der Waals surface area (Å²) in [5.74, 6) is 0. The fraction of sp³-hybridized carbons (Fsp3) is 0.200. The highest BCUT2D eigenvalue weighted by Gasteiger charge is 2.26. The van der Waals surface area contributed by atoms with Gasteiger partial charge in [-0.25, -0.2) is 0 Å². The maximum atomic E-state index is 6.25. The van der Waals surface area contributed by atoms with Crippen molar-refractivity contribution in [2.45, 2.75) is 55.4 Å². The van der Waals surface area contributed by atoms with Gasteiger partial charge in [0.25, 0.3) is 0 Å². The molecule has 0 radical (unpaired) electrons. The van der Waals surface area contributed by atoms with Crippen LogP contribution in [0.2, 0.25) is 0 Å². The molecule has 0 spiro atoms. The van der Waals surface area contributed by atoms with Crippen molar-refractivity contribution in [1.82, 2.24) is 0 Å². The van der Waals surface area contributed by atoms with Crippen LogP contribution >= 0.6 is 0 Å². The van der Waals surface area contributed by atoms with E-state index in [1.165, 1.54) is 99.1 Å². The molecule has 0 bridgehead atoms. The van der Waals surface area contributed by atoms with E-state index in [9.17, 15) is 0 Å². The maximum Gasteiger partial charge on any atom is 0.135 e. The molecule has 0 unspecified atom stereocenters. The molecule has 1 nitrogen and oxygen atoms in total. The number of rotatable bonds is 2. The van der Waals surface area contributed by atoms with Crippen LogP contribution in [0.3, 0.4) is 0 Å². The van der Waals surface area contributed by atoms with Gasteiger partial charge in [0.2, 0.25) is 0 Å². The van der Waals surface area contributed by atoms with E-state index in [4.69, 9.17) is 4.42 Å². The number of fused-ring (bicyclic) bond motifs is 5. The Labute approximate surface area is 242 Å². The van der Waals surface area contributed by atoms with Crippen molar-refractivity contribution in [2.24, 2.45) is 0 Å². The van der Waals surface area contributed by atoms with E-state index in [1.807, 2.05) is 6.07 Å². The minimum atomic E-state index is 0.935. The third kappa shape index (κ3) is 3.48. The summed E-state index contributed by atoms with van der Waals surface area (Å²) in [6.45, 7) is 18.4. The van der Waals surface area contributed by atoms with Crippen molar-refractivity contribution >= 4 is 43.5 Å². The van der Waals surface area contributed by atoms with E-state index in [-0.39, 0.29) is 0 Å². The van der Waals surface area contributed by atoms with E-state index in [0.29, 0.717) is 0 Å². The van der Waals surface area contributed by atoms with E-state index in [1.54, 1.807) is 0 Å². The van der Waals surface area contributed by atoms with Crippen LogP contribution in [0.1, 0.15) is 44.5 Å². The molecule has 1 heteroatoms. The van der Waals surface area contributed by atoms with Crippen LogP contribution in [-0.2, 0) is 0 Å². The van der Waals surface area contributed by atoms with Gasteiger partial charge in [0, 0.05) is 10.8 Å². The van der Waals surface area contributed by atoms with Gasteiger partial charge in [0.15, 0.2) is 0 Å². The van der Waals surface area contributed by atoms with Crippen molar-refractivity contribution in [3.8, 4) is 22.3 Å². The molecule has 202 valence electrons. The Morgan fingerprint density at radius 1 is 0.366 bits per heavy atom. The topological polar surface area (TPSA) is 13.1 Å². The van der Waals surface area contributed by atoms with Gasteiger partial charge in [-0.1, -0.05) is 54.6 Å². The lowest BCUT2D eigenvalue weighted by atomic mass is 9.76. The second kappa shape index (κ2) is 9.08. The first-order chi connectivity index (χ1) is 19.7. The molecule has 1 heterocycles. The Balaban J connectivity index is 1.81. The predicted molar refractivity (Wildman–Crippen MR) is 177 cm³/mol. The molecule has 7 rings (SSSR count). The van der Waals surface area contributed by atoms with Crippen LogP contribution in [-0.4, -0.2) is 0 Å². The highest BCUT2D eigenvalue weighted by atomic mass is 16.3. The van der Waals surface area contributed by atoms with Crippen molar-refractivity contribution in [1.29, 1.82) is 0 Å². The zero-order valence-electron chi connectivity index (χ0n) is 25.3. The third-order valence-electron chi connectivity index (χ3n) is 10.1. The van der Waals surface area contributed by atoms with Crippen LogP contribution in [0.15, 0.2) is 77.2 Å².